The van der Waals surface area contributed by atoms with Crippen LogP contribution in [0.15, 0.2) is 72.9 Å². The molecule has 5 rings (SSSR count). The Morgan fingerprint density at radius 3 is 2.41 bits per heavy atom. The Kier molecular flexibility index (Phi) is 6.96. The Hall–Kier alpha value is -4.09. The van der Waals surface area contributed by atoms with E-state index in [2.05, 4.69) is 32.6 Å². The average Bonchev–Trinajstić information content (AvgIpc) is 3.39. The fourth-order valence-electron chi connectivity index (χ4n) is 5.16. The molecule has 0 aliphatic carbocycles. The number of anilines is 2. The molecule has 11 heteroatoms. The number of phenolic OH excluding ortho intramolecular Hbond substituents is 1. The van der Waals surface area contributed by atoms with Gasteiger partial charge in [0.25, 0.3) is 0 Å². The molecular weight excluding hydrogens is 534 g/mol. The van der Waals surface area contributed by atoms with E-state index in [0.717, 1.165) is 34.6 Å². The second-order valence-electron chi connectivity index (χ2n) is 9.43. The first-order valence-electron chi connectivity index (χ1n) is 12.2. The summed E-state index contributed by atoms with van der Waals surface area (Å²) in [7, 11) is -2.07. The van der Waals surface area contributed by atoms with E-state index in [4.69, 9.17) is 17.0 Å². The zero-order chi connectivity index (χ0) is 27.9. The molecule has 1 fully saturated rings. The van der Waals surface area contributed by atoms with E-state index < -0.39 is 10.0 Å². The molecule has 1 aliphatic heterocycles. The molecule has 4 aromatic rings. The van der Waals surface area contributed by atoms with Crippen molar-refractivity contribution in [1.29, 1.82) is 0 Å². The molecule has 39 heavy (non-hydrogen) atoms. The predicted molar refractivity (Wildman–Crippen MR) is 156 cm³/mol. The molecule has 1 aliphatic rings. The van der Waals surface area contributed by atoms with Crippen LogP contribution in [-0.2, 0) is 10.0 Å². The minimum absolute atomic E-state index is 0.200. The zero-order valence-corrected chi connectivity index (χ0v) is 23.5. The lowest BCUT2D eigenvalue weighted by Gasteiger charge is -2.29. The molecule has 3 N–H and O–H groups in total. The van der Waals surface area contributed by atoms with Gasteiger partial charge in [0.15, 0.2) is 5.11 Å². The smallest absolute Gasteiger partial charge is 0.229 e. The number of rotatable bonds is 7. The monoisotopic (exact) mass is 563 g/mol. The highest BCUT2D eigenvalue weighted by atomic mass is 32.2. The highest BCUT2D eigenvalue weighted by Crippen LogP contribution is 2.45. The second kappa shape index (κ2) is 10.2. The summed E-state index contributed by atoms with van der Waals surface area (Å²) in [5, 5.41) is 13.7. The van der Waals surface area contributed by atoms with Crippen molar-refractivity contribution in [3.63, 3.8) is 0 Å². The van der Waals surface area contributed by atoms with E-state index in [1.807, 2.05) is 48.2 Å². The van der Waals surface area contributed by atoms with Crippen LogP contribution < -0.4 is 19.7 Å². The van der Waals surface area contributed by atoms with Gasteiger partial charge in [-0.05, 0) is 92.3 Å². The summed E-state index contributed by atoms with van der Waals surface area (Å²) in [4.78, 5) is 6.61. The number of ether oxygens (including phenoxy) is 1. The normalized spacial score (nSPS) is 17.2. The van der Waals surface area contributed by atoms with Gasteiger partial charge in [0, 0.05) is 29.0 Å². The van der Waals surface area contributed by atoms with Crippen molar-refractivity contribution in [2.24, 2.45) is 0 Å². The van der Waals surface area contributed by atoms with E-state index in [1.165, 1.54) is 7.11 Å². The van der Waals surface area contributed by atoms with Crippen molar-refractivity contribution in [3.8, 4) is 17.2 Å². The molecule has 0 spiro atoms. The third-order valence-corrected chi connectivity index (χ3v) is 7.66. The molecule has 0 bridgehead atoms. The number of thiocarbonyl (C=S) groups is 1. The van der Waals surface area contributed by atoms with Crippen LogP contribution >= 0.6 is 12.2 Å². The Labute approximate surface area is 233 Å². The fourth-order valence-corrected chi connectivity index (χ4v) is 6.07. The number of aromatic nitrogens is 2. The molecule has 2 atom stereocenters. The minimum atomic E-state index is -3.55. The Balaban J connectivity index is 1.68. The van der Waals surface area contributed by atoms with Crippen LogP contribution in [-0.4, -0.2) is 41.6 Å². The summed E-state index contributed by atoms with van der Waals surface area (Å²) in [6.45, 7) is 4.08. The first kappa shape index (κ1) is 26.5. The third kappa shape index (κ3) is 5.15. The van der Waals surface area contributed by atoms with Gasteiger partial charge >= 0.3 is 0 Å². The molecule has 2 aromatic heterocycles. The topological polar surface area (TPSA) is 109 Å². The van der Waals surface area contributed by atoms with Crippen LogP contribution in [0.1, 0.15) is 34.7 Å². The summed E-state index contributed by atoms with van der Waals surface area (Å²) in [5.41, 5.74) is 5.80. The lowest BCUT2D eigenvalue weighted by atomic mass is 9.96. The van der Waals surface area contributed by atoms with E-state index in [9.17, 15) is 13.5 Å². The number of phenols is 1. The number of nitrogens with one attached hydrogen (secondary N) is 2. The van der Waals surface area contributed by atoms with Gasteiger partial charge in [-0.25, -0.2) is 8.42 Å². The van der Waals surface area contributed by atoms with Gasteiger partial charge in [-0.2, -0.15) is 0 Å². The van der Waals surface area contributed by atoms with Gasteiger partial charge in [-0.3, -0.25) is 9.71 Å². The number of hydrogen-bond donors (Lipinski definition) is 3. The molecule has 9 nitrogen and oxygen atoms in total. The van der Waals surface area contributed by atoms with Crippen LogP contribution in [0.5, 0.6) is 11.5 Å². The number of sulfonamides is 1. The molecule has 3 heterocycles. The third-order valence-electron chi connectivity index (χ3n) is 6.75. The van der Waals surface area contributed by atoms with Crippen molar-refractivity contribution in [1.82, 2.24) is 14.9 Å². The SMILES string of the molecule is COc1ccc(N2C(=S)N[C@@H](c3ccccn3)[C@@H]2c2cc(C)n(-c3ccc(O)cc3)c2C)cc1NS(C)(=O)=O. The summed E-state index contributed by atoms with van der Waals surface area (Å²) >= 11 is 5.86. The summed E-state index contributed by atoms with van der Waals surface area (Å²) in [6.07, 6.45) is 2.85. The van der Waals surface area contributed by atoms with E-state index in [-0.39, 0.29) is 17.8 Å². The largest absolute Gasteiger partial charge is 0.508 e. The van der Waals surface area contributed by atoms with Crippen molar-refractivity contribution in [2.45, 2.75) is 25.9 Å². The standard InChI is InChI=1S/C28H29N5O4S2/c1-17-15-22(18(2)32(17)19-8-11-21(34)12-9-19)27-26(23-7-5-6-14-29-23)30-28(38)33(27)20-10-13-25(37-3)24(16-20)31-39(4,35)36/h5-16,26-27,31,34H,1-4H3,(H,30,38)/t26-,27-/m0/s1. The first-order valence-corrected chi connectivity index (χ1v) is 14.5. The van der Waals surface area contributed by atoms with Crippen LogP contribution in [0.4, 0.5) is 11.4 Å². The maximum absolute atomic E-state index is 12.1. The zero-order valence-electron chi connectivity index (χ0n) is 21.9. The van der Waals surface area contributed by atoms with Gasteiger partial charge in [0.2, 0.25) is 10.0 Å². The molecule has 2 aromatic carbocycles. The second-order valence-corrected chi connectivity index (χ2v) is 11.6. The molecular formula is C28H29N5O4S2. The lowest BCUT2D eigenvalue weighted by molar-refractivity contribution is 0.417. The average molecular weight is 564 g/mol. The molecule has 1 saturated heterocycles. The molecule has 0 unspecified atom stereocenters. The van der Waals surface area contributed by atoms with E-state index >= 15 is 0 Å². The highest BCUT2D eigenvalue weighted by Gasteiger charge is 2.42. The summed E-state index contributed by atoms with van der Waals surface area (Å²) in [5.74, 6) is 0.594. The Bertz CT molecular complexity index is 1640. The molecule has 0 saturated carbocycles. The molecule has 0 radical (unpaired) electrons. The quantitative estimate of drug-likeness (QED) is 0.277. The van der Waals surface area contributed by atoms with Gasteiger partial charge in [0.1, 0.15) is 11.5 Å². The first-order chi connectivity index (χ1) is 18.6. The van der Waals surface area contributed by atoms with Crippen LogP contribution in [0.3, 0.4) is 0 Å². The van der Waals surface area contributed by atoms with Gasteiger partial charge in [0.05, 0.1) is 36.8 Å². The lowest BCUT2D eigenvalue weighted by Crippen LogP contribution is -2.29. The fraction of sp³-hybridized carbons (Fsp3) is 0.214. The number of benzene rings is 2. The summed E-state index contributed by atoms with van der Waals surface area (Å²) < 4.78 is 34.3. The predicted octanol–water partition coefficient (Wildman–Crippen LogP) is 4.75. The number of aryl methyl sites for hydroxylation is 1. The van der Waals surface area contributed by atoms with E-state index in [1.54, 1.807) is 30.5 Å². The molecule has 0 amide bonds. The van der Waals surface area contributed by atoms with Gasteiger partial charge < -0.3 is 24.6 Å². The van der Waals surface area contributed by atoms with E-state index in [0.29, 0.717) is 22.2 Å². The van der Waals surface area contributed by atoms with Crippen LogP contribution in [0.2, 0.25) is 0 Å². The number of methoxy groups -OCH3 is 1. The van der Waals surface area contributed by atoms with Crippen LogP contribution in [0, 0.1) is 13.8 Å². The number of hydrogen-bond acceptors (Lipinski definition) is 6. The minimum Gasteiger partial charge on any atom is -0.508 e. The Morgan fingerprint density at radius 1 is 1.05 bits per heavy atom. The molecule has 202 valence electrons. The van der Waals surface area contributed by atoms with Crippen molar-refractivity contribution in [2.75, 3.05) is 23.0 Å². The maximum Gasteiger partial charge on any atom is 0.229 e. The van der Waals surface area contributed by atoms with Crippen molar-refractivity contribution in [3.05, 3.63) is 95.6 Å². The van der Waals surface area contributed by atoms with Crippen molar-refractivity contribution < 1.29 is 18.3 Å². The number of aromatic hydroxyl groups is 1. The maximum atomic E-state index is 12.1. The number of pyridine rings is 1. The number of nitrogens with zero attached hydrogens (tertiary/aromatic N) is 3. The van der Waals surface area contributed by atoms with Gasteiger partial charge in [-0.15, -0.1) is 0 Å². The van der Waals surface area contributed by atoms with Gasteiger partial charge in [-0.1, -0.05) is 6.07 Å². The van der Waals surface area contributed by atoms with Crippen molar-refractivity contribution >= 4 is 38.7 Å². The summed E-state index contributed by atoms with van der Waals surface area (Å²) in [6, 6.07) is 19.7. The Morgan fingerprint density at radius 2 is 1.77 bits per heavy atom. The highest BCUT2D eigenvalue weighted by molar-refractivity contribution is 7.92. The van der Waals surface area contributed by atoms with Crippen LogP contribution in [0.25, 0.3) is 5.69 Å².